The first-order chi connectivity index (χ1) is 8.76. The molecule has 0 aromatic heterocycles. The second-order valence-corrected chi connectivity index (χ2v) is 4.40. The molecule has 1 aliphatic carbocycles. The molecule has 1 aromatic rings. The number of ketones is 1. The summed E-state index contributed by atoms with van der Waals surface area (Å²) in [6.45, 7) is 0.651. The molecule has 2 atom stereocenters. The van der Waals surface area contributed by atoms with Crippen molar-refractivity contribution in [2.75, 3.05) is 13.9 Å². The van der Waals surface area contributed by atoms with Crippen molar-refractivity contribution in [2.24, 2.45) is 11.8 Å². The summed E-state index contributed by atoms with van der Waals surface area (Å²) in [7, 11) is 1.56. The van der Waals surface area contributed by atoms with Crippen molar-refractivity contribution < 1.29 is 14.3 Å². The Balaban J connectivity index is 1.99. The highest BCUT2D eigenvalue weighted by atomic mass is 16.7. The molecule has 4 nitrogen and oxygen atoms in total. The zero-order valence-corrected chi connectivity index (χ0v) is 10.3. The number of benzene rings is 1. The van der Waals surface area contributed by atoms with Crippen molar-refractivity contribution in [2.45, 2.75) is 13.0 Å². The molecule has 2 rings (SSSR count). The van der Waals surface area contributed by atoms with Gasteiger partial charge in [0.15, 0.2) is 5.78 Å². The molecule has 1 fully saturated rings. The molecule has 0 heterocycles. The van der Waals surface area contributed by atoms with Crippen LogP contribution >= 0.6 is 0 Å². The van der Waals surface area contributed by atoms with E-state index in [0.29, 0.717) is 18.6 Å². The third-order valence-corrected chi connectivity index (χ3v) is 2.97. The number of rotatable bonds is 6. The largest absolute Gasteiger partial charge is 0.359 e. The predicted molar refractivity (Wildman–Crippen MR) is 64.6 cm³/mol. The van der Waals surface area contributed by atoms with E-state index in [-0.39, 0.29) is 24.4 Å². The minimum Gasteiger partial charge on any atom is -0.359 e. The molecule has 1 aromatic carbocycles. The van der Waals surface area contributed by atoms with Crippen LogP contribution in [-0.4, -0.2) is 19.7 Å². The second-order valence-electron chi connectivity index (χ2n) is 4.40. The molecule has 0 aliphatic heterocycles. The van der Waals surface area contributed by atoms with Gasteiger partial charge in [-0.3, -0.25) is 4.79 Å². The minimum absolute atomic E-state index is 0.0649. The first-order valence-corrected chi connectivity index (χ1v) is 5.85. The van der Waals surface area contributed by atoms with E-state index >= 15 is 0 Å². The Hall–Kier alpha value is -1.70. The molecule has 0 saturated heterocycles. The fourth-order valence-corrected chi connectivity index (χ4v) is 1.90. The van der Waals surface area contributed by atoms with E-state index in [1.165, 1.54) is 0 Å². The molecule has 1 aliphatic rings. The average molecular weight is 245 g/mol. The number of methoxy groups -OCH3 is 1. The van der Waals surface area contributed by atoms with Gasteiger partial charge < -0.3 is 9.47 Å². The van der Waals surface area contributed by atoms with Gasteiger partial charge in [0.25, 0.3) is 0 Å². The summed E-state index contributed by atoms with van der Waals surface area (Å²) in [5.41, 5.74) is 1.60. The first-order valence-electron chi connectivity index (χ1n) is 5.85. The standard InChI is InChI=1S/C14H15NO3/c1-17-9-18-8-10-3-2-4-11(5-10)14(16)13-6-12(13)7-15/h2-5,12-13H,6,8-9H2,1H3. The van der Waals surface area contributed by atoms with Crippen LogP contribution in [-0.2, 0) is 16.1 Å². The monoisotopic (exact) mass is 245 g/mol. The van der Waals surface area contributed by atoms with Gasteiger partial charge in [-0.1, -0.05) is 18.2 Å². The molecule has 0 bridgehead atoms. The van der Waals surface area contributed by atoms with E-state index in [9.17, 15) is 4.79 Å². The van der Waals surface area contributed by atoms with E-state index in [4.69, 9.17) is 14.7 Å². The zero-order chi connectivity index (χ0) is 13.0. The maximum atomic E-state index is 12.0. The zero-order valence-electron chi connectivity index (χ0n) is 10.3. The van der Waals surface area contributed by atoms with Crippen LogP contribution in [0.4, 0.5) is 0 Å². The smallest absolute Gasteiger partial charge is 0.167 e. The van der Waals surface area contributed by atoms with Crippen LogP contribution in [0.25, 0.3) is 0 Å². The van der Waals surface area contributed by atoms with Crippen LogP contribution in [0.5, 0.6) is 0 Å². The van der Waals surface area contributed by atoms with Gasteiger partial charge in [-0.15, -0.1) is 0 Å². The van der Waals surface area contributed by atoms with Crippen LogP contribution in [0, 0.1) is 23.2 Å². The lowest BCUT2D eigenvalue weighted by molar-refractivity contribution is -0.0390. The summed E-state index contributed by atoms with van der Waals surface area (Å²) in [5.74, 6) is -0.133. The molecular formula is C14H15NO3. The Labute approximate surface area is 106 Å². The Bertz CT molecular complexity index is 478. The first kappa shape index (κ1) is 12.7. The lowest BCUT2D eigenvalue weighted by Gasteiger charge is -2.05. The summed E-state index contributed by atoms with van der Waals surface area (Å²) < 4.78 is 10.0. The maximum Gasteiger partial charge on any atom is 0.167 e. The molecule has 18 heavy (non-hydrogen) atoms. The maximum absolute atomic E-state index is 12.0. The van der Waals surface area contributed by atoms with Crippen LogP contribution in [0.2, 0.25) is 0 Å². The molecule has 0 radical (unpaired) electrons. The van der Waals surface area contributed by atoms with Crippen molar-refractivity contribution in [3.8, 4) is 6.07 Å². The van der Waals surface area contributed by atoms with Gasteiger partial charge in [-0.2, -0.15) is 5.26 Å². The topological polar surface area (TPSA) is 59.3 Å². The molecule has 0 N–H and O–H groups in total. The van der Waals surface area contributed by atoms with Gasteiger partial charge in [-0.25, -0.2) is 0 Å². The van der Waals surface area contributed by atoms with Crippen LogP contribution < -0.4 is 0 Å². The lowest BCUT2D eigenvalue weighted by Crippen LogP contribution is -2.04. The molecule has 1 saturated carbocycles. The third kappa shape index (κ3) is 2.95. The van der Waals surface area contributed by atoms with Gasteiger partial charge in [0, 0.05) is 18.6 Å². The van der Waals surface area contributed by atoms with Gasteiger partial charge in [0.2, 0.25) is 0 Å². The van der Waals surface area contributed by atoms with Crippen LogP contribution in [0.15, 0.2) is 24.3 Å². The Morgan fingerprint density at radius 2 is 2.39 bits per heavy atom. The molecule has 94 valence electrons. The highest BCUT2D eigenvalue weighted by Crippen LogP contribution is 2.40. The lowest BCUT2D eigenvalue weighted by atomic mass is 10.0. The Kier molecular flexibility index (Phi) is 4.08. The number of Topliss-reactive ketones (excluding diaryl/α,β-unsaturated/α-hetero) is 1. The fourth-order valence-electron chi connectivity index (χ4n) is 1.90. The summed E-state index contributed by atoms with van der Waals surface area (Å²) in [6, 6.07) is 9.48. The Morgan fingerprint density at radius 1 is 1.56 bits per heavy atom. The second kappa shape index (κ2) is 5.76. The third-order valence-electron chi connectivity index (χ3n) is 2.97. The summed E-state index contributed by atoms with van der Waals surface area (Å²) in [4.78, 5) is 12.0. The SMILES string of the molecule is COCOCc1cccc(C(=O)C2CC2C#N)c1. The number of ether oxygens (including phenoxy) is 2. The molecule has 0 amide bonds. The van der Waals surface area contributed by atoms with Crippen molar-refractivity contribution >= 4 is 5.78 Å². The number of carbonyl (C=O) groups is 1. The highest BCUT2D eigenvalue weighted by Gasteiger charge is 2.43. The quantitative estimate of drug-likeness (QED) is 0.437. The Morgan fingerprint density at radius 3 is 3.06 bits per heavy atom. The number of hydrogen-bond acceptors (Lipinski definition) is 4. The number of carbonyl (C=O) groups excluding carboxylic acids is 1. The van der Waals surface area contributed by atoms with E-state index in [2.05, 4.69) is 6.07 Å². The van der Waals surface area contributed by atoms with E-state index < -0.39 is 0 Å². The predicted octanol–water partition coefficient (Wildman–Crippen LogP) is 2.15. The summed E-state index contributed by atoms with van der Waals surface area (Å²) >= 11 is 0. The van der Waals surface area contributed by atoms with Crippen molar-refractivity contribution in [3.63, 3.8) is 0 Å². The number of nitriles is 1. The van der Waals surface area contributed by atoms with Crippen molar-refractivity contribution in [1.82, 2.24) is 0 Å². The average Bonchev–Trinajstić information content (AvgIpc) is 3.18. The minimum atomic E-state index is -0.106. The van der Waals surface area contributed by atoms with Gasteiger partial charge in [0.05, 0.1) is 18.6 Å². The van der Waals surface area contributed by atoms with E-state index in [1.54, 1.807) is 13.2 Å². The van der Waals surface area contributed by atoms with Gasteiger partial charge in [0.1, 0.15) is 6.79 Å². The molecule has 0 spiro atoms. The summed E-state index contributed by atoms with van der Waals surface area (Å²) in [5, 5.41) is 8.73. The normalized spacial score (nSPS) is 21.3. The van der Waals surface area contributed by atoms with Gasteiger partial charge in [-0.05, 0) is 18.1 Å². The molecule has 4 heteroatoms. The van der Waals surface area contributed by atoms with Crippen LogP contribution in [0.3, 0.4) is 0 Å². The molecule has 2 unspecified atom stereocenters. The van der Waals surface area contributed by atoms with E-state index in [0.717, 1.165) is 5.56 Å². The number of nitrogens with zero attached hydrogens (tertiary/aromatic N) is 1. The molecular weight excluding hydrogens is 230 g/mol. The van der Waals surface area contributed by atoms with Crippen molar-refractivity contribution in [3.05, 3.63) is 35.4 Å². The fraction of sp³-hybridized carbons (Fsp3) is 0.429. The van der Waals surface area contributed by atoms with Gasteiger partial charge >= 0.3 is 0 Å². The highest BCUT2D eigenvalue weighted by molar-refractivity contribution is 6.00. The number of hydrogen-bond donors (Lipinski definition) is 0. The van der Waals surface area contributed by atoms with Crippen molar-refractivity contribution in [1.29, 1.82) is 5.26 Å². The van der Waals surface area contributed by atoms with Crippen LogP contribution in [0.1, 0.15) is 22.3 Å². The van der Waals surface area contributed by atoms with E-state index in [1.807, 2.05) is 18.2 Å². The summed E-state index contributed by atoms with van der Waals surface area (Å²) in [6.07, 6.45) is 0.694.